The van der Waals surface area contributed by atoms with Gasteiger partial charge in [-0.25, -0.2) is 4.39 Å². The zero-order chi connectivity index (χ0) is 18.5. The minimum atomic E-state index is -0.759. The van der Waals surface area contributed by atoms with Gasteiger partial charge in [0.2, 0.25) is 0 Å². The standard InChI is InChI=1S/C15H10FN7O3/c16-11-7-5-10(6-8-11)9-17-22-15(19-20-21-22)18-14(24)12-3-1-2-4-13(12)23(25)26/h1-9H,(H,18,19,21,24)/b17-9-. The van der Waals surface area contributed by atoms with E-state index in [0.29, 0.717) is 5.56 Å². The lowest BCUT2D eigenvalue weighted by Crippen LogP contribution is -2.16. The normalized spacial score (nSPS) is 10.8. The molecule has 0 aliphatic carbocycles. The van der Waals surface area contributed by atoms with Gasteiger partial charge in [0.25, 0.3) is 17.5 Å². The summed E-state index contributed by atoms with van der Waals surface area (Å²) in [5.41, 5.74) is 0.0891. The number of tetrazole rings is 1. The Bertz CT molecular complexity index is 985. The molecule has 3 aromatic rings. The molecule has 1 heterocycles. The first-order chi connectivity index (χ1) is 12.5. The van der Waals surface area contributed by atoms with Crippen LogP contribution in [0.15, 0.2) is 53.6 Å². The summed E-state index contributed by atoms with van der Waals surface area (Å²) in [5, 5.41) is 27.9. The Balaban J connectivity index is 1.80. The van der Waals surface area contributed by atoms with Gasteiger partial charge in [-0.1, -0.05) is 34.2 Å². The second-order valence-corrected chi connectivity index (χ2v) is 4.92. The minimum absolute atomic E-state index is 0.133. The zero-order valence-electron chi connectivity index (χ0n) is 13.0. The molecule has 1 N–H and O–H groups in total. The maximum Gasteiger partial charge on any atom is 0.282 e. The van der Waals surface area contributed by atoms with Crippen LogP contribution in [0.4, 0.5) is 16.0 Å². The van der Waals surface area contributed by atoms with Gasteiger partial charge >= 0.3 is 0 Å². The van der Waals surface area contributed by atoms with Gasteiger partial charge in [-0.05, 0) is 34.2 Å². The summed E-state index contributed by atoms with van der Waals surface area (Å²) in [5.74, 6) is -1.28. The summed E-state index contributed by atoms with van der Waals surface area (Å²) in [6.07, 6.45) is 1.36. The van der Waals surface area contributed by atoms with Gasteiger partial charge in [-0.15, -0.1) is 0 Å². The molecule has 0 fully saturated rings. The first-order valence-electron chi connectivity index (χ1n) is 7.17. The maximum absolute atomic E-state index is 12.9. The van der Waals surface area contributed by atoms with Crippen molar-refractivity contribution in [2.75, 3.05) is 5.32 Å². The SMILES string of the molecule is O=C(Nc1nnnn1/N=C\c1ccc(F)cc1)c1ccccc1[N+](=O)[O-]. The number of nitro groups is 1. The molecular formula is C15H10FN7O3. The Hall–Kier alpha value is -4.02. The van der Waals surface area contributed by atoms with E-state index in [1.807, 2.05) is 0 Å². The van der Waals surface area contributed by atoms with E-state index in [4.69, 9.17) is 0 Å². The fourth-order valence-corrected chi connectivity index (χ4v) is 2.00. The molecule has 0 radical (unpaired) electrons. The van der Waals surface area contributed by atoms with E-state index in [2.05, 4.69) is 25.9 Å². The third kappa shape index (κ3) is 3.72. The van der Waals surface area contributed by atoms with Crippen molar-refractivity contribution in [3.63, 3.8) is 0 Å². The minimum Gasteiger partial charge on any atom is -0.287 e. The number of nitrogens with one attached hydrogen (secondary N) is 1. The average Bonchev–Trinajstić information content (AvgIpc) is 3.08. The number of carbonyl (C=O) groups is 1. The van der Waals surface area contributed by atoms with Crippen LogP contribution in [0.25, 0.3) is 0 Å². The van der Waals surface area contributed by atoms with Crippen LogP contribution < -0.4 is 5.32 Å². The predicted octanol–water partition coefficient (Wildman–Crippen LogP) is 1.85. The number of nitrogens with zero attached hydrogens (tertiary/aromatic N) is 6. The molecule has 10 nitrogen and oxygen atoms in total. The largest absolute Gasteiger partial charge is 0.287 e. The summed E-state index contributed by atoms with van der Waals surface area (Å²) < 4.78 is 12.9. The predicted molar refractivity (Wildman–Crippen MR) is 88.3 cm³/mol. The molecule has 2 aromatic carbocycles. The van der Waals surface area contributed by atoms with Crippen LogP contribution in [-0.2, 0) is 0 Å². The summed E-state index contributed by atoms with van der Waals surface area (Å²) in [4.78, 5) is 23.6. The molecular weight excluding hydrogens is 345 g/mol. The van der Waals surface area contributed by atoms with Crippen LogP contribution in [0.1, 0.15) is 15.9 Å². The van der Waals surface area contributed by atoms with E-state index in [-0.39, 0.29) is 23.0 Å². The molecule has 0 atom stereocenters. The van der Waals surface area contributed by atoms with E-state index in [9.17, 15) is 19.3 Å². The second kappa shape index (κ2) is 7.25. The van der Waals surface area contributed by atoms with Crippen LogP contribution in [0.3, 0.4) is 0 Å². The molecule has 1 amide bonds. The van der Waals surface area contributed by atoms with Crippen molar-refractivity contribution in [1.29, 1.82) is 0 Å². The van der Waals surface area contributed by atoms with E-state index >= 15 is 0 Å². The topological polar surface area (TPSA) is 128 Å². The number of aromatic nitrogens is 4. The second-order valence-electron chi connectivity index (χ2n) is 4.92. The summed E-state index contributed by atoms with van der Waals surface area (Å²) in [6.45, 7) is 0. The third-order valence-electron chi connectivity index (χ3n) is 3.21. The highest BCUT2D eigenvalue weighted by atomic mass is 19.1. The molecule has 0 saturated carbocycles. The van der Waals surface area contributed by atoms with Crippen molar-refractivity contribution in [3.05, 3.63) is 75.6 Å². The number of carbonyl (C=O) groups excluding carboxylic acids is 1. The summed E-state index contributed by atoms with van der Waals surface area (Å²) in [7, 11) is 0. The van der Waals surface area contributed by atoms with Crippen LogP contribution >= 0.6 is 0 Å². The summed E-state index contributed by atoms with van der Waals surface area (Å²) in [6, 6.07) is 11.0. The van der Waals surface area contributed by atoms with Crippen LogP contribution in [0, 0.1) is 15.9 Å². The van der Waals surface area contributed by atoms with Crippen molar-refractivity contribution in [1.82, 2.24) is 20.3 Å². The highest BCUT2D eigenvalue weighted by Gasteiger charge is 2.21. The smallest absolute Gasteiger partial charge is 0.282 e. The Morgan fingerprint density at radius 1 is 1.23 bits per heavy atom. The lowest BCUT2D eigenvalue weighted by Gasteiger charge is -2.03. The number of hydrogen-bond donors (Lipinski definition) is 1. The number of benzene rings is 2. The van der Waals surface area contributed by atoms with Gasteiger partial charge in [-0.3, -0.25) is 20.2 Å². The van der Waals surface area contributed by atoms with E-state index in [1.165, 1.54) is 54.7 Å². The molecule has 130 valence electrons. The highest BCUT2D eigenvalue weighted by molar-refractivity contribution is 6.06. The molecule has 0 aliphatic heterocycles. The Morgan fingerprint density at radius 3 is 2.69 bits per heavy atom. The Labute approximate surface area is 145 Å². The number of nitro benzene ring substituents is 1. The number of amides is 1. The molecule has 0 unspecified atom stereocenters. The molecule has 3 rings (SSSR count). The van der Waals surface area contributed by atoms with Crippen LogP contribution in [0.2, 0.25) is 0 Å². The van der Waals surface area contributed by atoms with Crippen molar-refractivity contribution in [2.24, 2.45) is 5.10 Å². The third-order valence-corrected chi connectivity index (χ3v) is 3.21. The zero-order valence-corrected chi connectivity index (χ0v) is 13.0. The molecule has 0 spiro atoms. The number of hydrogen-bond acceptors (Lipinski definition) is 7. The molecule has 11 heteroatoms. The highest BCUT2D eigenvalue weighted by Crippen LogP contribution is 2.18. The van der Waals surface area contributed by atoms with Crippen molar-refractivity contribution < 1.29 is 14.1 Å². The maximum atomic E-state index is 12.9. The lowest BCUT2D eigenvalue weighted by molar-refractivity contribution is -0.385. The van der Waals surface area contributed by atoms with Gasteiger partial charge in [0.1, 0.15) is 11.4 Å². The quantitative estimate of drug-likeness (QED) is 0.422. The fraction of sp³-hybridized carbons (Fsp3) is 0. The first kappa shape index (κ1) is 16.8. The van der Waals surface area contributed by atoms with E-state index in [0.717, 1.165) is 4.79 Å². The molecule has 0 bridgehead atoms. The number of halogens is 1. The van der Waals surface area contributed by atoms with Gasteiger partial charge in [0.15, 0.2) is 0 Å². The number of anilines is 1. The number of para-hydroxylation sites is 1. The Kier molecular flexibility index (Phi) is 4.69. The van der Waals surface area contributed by atoms with E-state index in [1.54, 1.807) is 0 Å². The van der Waals surface area contributed by atoms with Crippen molar-refractivity contribution in [2.45, 2.75) is 0 Å². The van der Waals surface area contributed by atoms with E-state index < -0.39 is 10.8 Å². The molecule has 0 saturated heterocycles. The Morgan fingerprint density at radius 2 is 1.96 bits per heavy atom. The average molecular weight is 355 g/mol. The van der Waals surface area contributed by atoms with Crippen LogP contribution in [0.5, 0.6) is 0 Å². The van der Waals surface area contributed by atoms with Gasteiger partial charge in [0.05, 0.1) is 11.1 Å². The van der Waals surface area contributed by atoms with Gasteiger partial charge in [-0.2, -0.15) is 5.10 Å². The van der Waals surface area contributed by atoms with Crippen LogP contribution in [-0.4, -0.2) is 37.4 Å². The van der Waals surface area contributed by atoms with Crippen molar-refractivity contribution >= 4 is 23.8 Å². The monoisotopic (exact) mass is 355 g/mol. The molecule has 0 aliphatic rings. The first-order valence-corrected chi connectivity index (χ1v) is 7.17. The lowest BCUT2D eigenvalue weighted by atomic mass is 10.1. The van der Waals surface area contributed by atoms with Gasteiger partial charge in [0, 0.05) is 6.07 Å². The summed E-state index contributed by atoms with van der Waals surface area (Å²) >= 11 is 0. The number of rotatable bonds is 5. The van der Waals surface area contributed by atoms with Crippen molar-refractivity contribution in [3.8, 4) is 0 Å². The van der Waals surface area contributed by atoms with Gasteiger partial charge < -0.3 is 0 Å². The molecule has 26 heavy (non-hydrogen) atoms. The molecule has 1 aromatic heterocycles. The fourth-order valence-electron chi connectivity index (χ4n) is 2.00.